The second-order valence-electron chi connectivity index (χ2n) is 10.3. The van der Waals surface area contributed by atoms with Crippen LogP contribution in [0.1, 0.15) is 63.1 Å². The molecule has 0 radical (unpaired) electrons. The van der Waals surface area contributed by atoms with Crippen molar-refractivity contribution in [3.63, 3.8) is 0 Å². The number of carbonyl (C=O) groups is 3. The summed E-state index contributed by atoms with van der Waals surface area (Å²) in [6.45, 7) is 2.51. The number of rotatable bonds is 9. The van der Waals surface area contributed by atoms with Crippen LogP contribution in [0.25, 0.3) is 0 Å². The molecule has 1 unspecified atom stereocenters. The lowest BCUT2D eigenvalue weighted by Gasteiger charge is -2.52. The van der Waals surface area contributed by atoms with E-state index in [0.717, 1.165) is 12.5 Å². The second-order valence-corrected chi connectivity index (χ2v) is 11.2. The number of likely N-dealkylation sites (tertiary alicyclic amines) is 1. The van der Waals surface area contributed by atoms with Gasteiger partial charge in [0.2, 0.25) is 11.8 Å². The molecule has 1 aliphatic rings. The molecule has 2 amide bonds. The summed E-state index contributed by atoms with van der Waals surface area (Å²) in [4.78, 5) is 40.5. The molecule has 0 saturated carbocycles. The van der Waals surface area contributed by atoms with Gasteiger partial charge >= 0.3 is 12.1 Å². The summed E-state index contributed by atoms with van der Waals surface area (Å²) in [6, 6.07) is 12.3. The van der Waals surface area contributed by atoms with Gasteiger partial charge in [-0.15, -0.1) is 0 Å². The molecule has 11 heteroatoms. The number of halogens is 5. The smallest absolute Gasteiger partial charge is 0.406 e. The minimum atomic E-state index is -4.63. The molecule has 0 bridgehead atoms. The van der Waals surface area contributed by atoms with E-state index >= 15 is 0 Å². The third kappa shape index (κ3) is 7.45. The Balaban J connectivity index is 2.22. The number of hydrogen-bond acceptors (Lipinski definition) is 3. The number of carboxylic acid groups (broad SMARTS) is 1. The first-order chi connectivity index (χ1) is 18.1. The van der Waals surface area contributed by atoms with Gasteiger partial charge in [0.05, 0.1) is 17.9 Å². The molecule has 1 fully saturated rings. The third-order valence-corrected chi connectivity index (χ3v) is 7.73. The van der Waals surface area contributed by atoms with Gasteiger partial charge in [0.25, 0.3) is 0 Å². The zero-order chi connectivity index (χ0) is 29.1. The van der Waals surface area contributed by atoms with Crippen molar-refractivity contribution in [1.82, 2.24) is 9.80 Å². The first-order valence-corrected chi connectivity index (χ1v) is 13.3. The van der Waals surface area contributed by atoms with E-state index < -0.39 is 60.3 Å². The van der Waals surface area contributed by atoms with Crippen molar-refractivity contribution in [2.24, 2.45) is 5.41 Å². The predicted octanol–water partition coefficient (Wildman–Crippen LogP) is 6.72. The minimum Gasteiger partial charge on any atom is -0.481 e. The Morgan fingerprint density at radius 3 is 2.28 bits per heavy atom. The molecule has 3 rings (SSSR count). The topological polar surface area (TPSA) is 77.9 Å². The van der Waals surface area contributed by atoms with E-state index in [2.05, 4.69) is 0 Å². The van der Waals surface area contributed by atoms with E-state index in [0.29, 0.717) is 20.5 Å². The van der Waals surface area contributed by atoms with E-state index in [4.69, 9.17) is 23.2 Å². The van der Waals surface area contributed by atoms with E-state index in [1.54, 1.807) is 56.3 Å². The fraction of sp³-hybridized carbons (Fsp3) is 0.464. The lowest BCUT2D eigenvalue weighted by molar-refractivity contribution is -0.168. The number of piperidine rings is 1. The van der Waals surface area contributed by atoms with Gasteiger partial charge in [0.1, 0.15) is 6.54 Å². The van der Waals surface area contributed by atoms with Crippen molar-refractivity contribution in [3.05, 3.63) is 69.7 Å². The SMILES string of the molecule is CC[C@@H](CN(CC(F)(F)F)C(C)=O)N1C(=O)[C@@](C)(CC(=O)O)CC(c2cccc(Cl)c2)[C@H]1c1ccc(Cl)cc1. The fourth-order valence-electron chi connectivity index (χ4n) is 5.47. The maximum absolute atomic E-state index is 14.2. The Bertz CT molecular complexity index is 1210. The van der Waals surface area contributed by atoms with Gasteiger partial charge in [-0.25, -0.2) is 0 Å². The molecule has 1 heterocycles. The molecule has 6 nitrogen and oxygen atoms in total. The number of carbonyl (C=O) groups excluding carboxylic acids is 2. The van der Waals surface area contributed by atoms with Gasteiger partial charge in [-0.3, -0.25) is 14.4 Å². The van der Waals surface area contributed by atoms with Crippen LogP contribution >= 0.6 is 23.2 Å². The van der Waals surface area contributed by atoms with Crippen LogP contribution in [0.5, 0.6) is 0 Å². The minimum absolute atomic E-state index is 0.164. The van der Waals surface area contributed by atoms with Crippen LogP contribution in [0.4, 0.5) is 13.2 Å². The summed E-state index contributed by atoms with van der Waals surface area (Å²) in [7, 11) is 0. The highest BCUT2D eigenvalue weighted by molar-refractivity contribution is 6.30. The molecule has 2 aromatic rings. The third-order valence-electron chi connectivity index (χ3n) is 7.24. The quantitative estimate of drug-likeness (QED) is 0.354. The second kappa shape index (κ2) is 12.2. The largest absolute Gasteiger partial charge is 0.481 e. The molecule has 39 heavy (non-hydrogen) atoms. The van der Waals surface area contributed by atoms with Crippen molar-refractivity contribution in [1.29, 1.82) is 0 Å². The van der Waals surface area contributed by atoms with Gasteiger partial charge in [-0.2, -0.15) is 13.2 Å². The molecule has 1 saturated heterocycles. The van der Waals surface area contributed by atoms with Crippen molar-refractivity contribution in [3.8, 4) is 0 Å². The lowest BCUT2D eigenvalue weighted by Crippen LogP contribution is -2.59. The van der Waals surface area contributed by atoms with Crippen LogP contribution < -0.4 is 0 Å². The molecule has 212 valence electrons. The Morgan fingerprint density at radius 2 is 1.77 bits per heavy atom. The first-order valence-electron chi connectivity index (χ1n) is 12.5. The maximum Gasteiger partial charge on any atom is 0.406 e. The Hall–Kier alpha value is -2.78. The molecule has 2 aromatic carbocycles. The first kappa shape index (κ1) is 30.8. The van der Waals surface area contributed by atoms with E-state index in [1.807, 2.05) is 6.07 Å². The summed E-state index contributed by atoms with van der Waals surface area (Å²) < 4.78 is 40.0. The molecule has 0 aromatic heterocycles. The lowest BCUT2D eigenvalue weighted by atomic mass is 9.67. The summed E-state index contributed by atoms with van der Waals surface area (Å²) in [5.41, 5.74) is 0.0733. The normalized spacial score (nSPS) is 22.5. The van der Waals surface area contributed by atoms with Crippen LogP contribution in [-0.2, 0) is 14.4 Å². The molecule has 1 N–H and O–H groups in total. The molecular weight excluding hydrogens is 556 g/mol. The van der Waals surface area contributed by atoms with Crippen LogP contribution in [0.2, 0.25) is 10.0 Å². The number of amides is 2. The van der Waals surface area contributed by atoms with Gasteiger partial charge < -0.3 is 14.9 Å². The highest BCUT2D eigenvalue weighted by Gasteiger charge is 2.52. The Kier molecular flexibility index (Phi) is 9.60. The number of nitrogens with zero attached hydrogens (tertiary/aromatic N) is 2. The number of benzene rings is 2. The average Bonchev–Trinajstić information content (AvgIpc) is 2.83. The average molecular weight is 587 g/mol. The van der Waals surface area contributed by atoms with Crippen LogP contribution in [0.15, 0.2) is 48.5 Å². The van der Waals surface area contributed by atoms with Gasteiger partial charge in [-0.1, -0.05) is 61.3 Å². The van der Waals surface area contributed by atoms with Gasteiger partial charge in [-0.05, 0) is 48.2 Å². The van der Waals surface area contributed by atoms with Crippen LogP contribution in [-0.4, -0.2) is 58.0 Å². The molecule has 1 aliphatic heterocycles. The van der Waals surface area contributed by atoms with Gasteiger partial charge in [0, 0.05) is 35.5 Å². The summed E-state index contributed by atoms with van der Waals surface area (Å²) in [6.07, 6.45) is -4.71. The Labute approximate surface area is 235 Å². The zero-order valence-corrected chi connectivity index (χ0v) is 23.4. The fourth-order valence-corrected chi connectivity index (χ4v) is 5.79. The van der Waals surface area contributed by atoms with Crippen LogP contribution in [0.3, 0.4) is 0 Å². The monoisotopic (exact) mass is 586 g/mol. The molecular formula is C28H31Cl2F3N2O4. The van der Waals surface area contributed by atoms with E-state index in [1.165, 1.54) is 4.90 Å². The highest BCUT2D eigenvalue weighted by Crippen LogP contribution is 2.52. The molecule has 0 spiro atoms. The van der Waals surface area contributed by atoms with E-state index in [-0.39, 0.29) is 19.4 Å². The number of carboxylic acids is 1. The summed E-state index contributed by atoms with van der Waals surface area (Å²) in [5.74, 6) is -2.89. The van der Waals surface area contributed by atoms with E-state index in [9.17, 15) is 32.7 Å². The molecule has 0 aliphatic carbocycles. The highest BCUT2D eigenvalue weighted by atomic mass is 35.5. The standard InChI is InChI=1S/C28H31Cl2F3N2O4/c1-4-22(15-34(17(2)36)16-28(31,32)33)35-25(18-8-10-20(29)11-9-18)23(19-6-5-7-21(30)12-19)13-27(3,26(35)39)14-24(37)38/h5-12,22-23,25H,4,13-16H2,1-3H3,(H,37,38)/t22-,23?,25+,27+/m0/s1. The summed E-state index contributed by atoms with van der Waals surface area (Å²) in [5, 5.41) is 10.6. The number of alkyl halides is 3. The number of hydrogen-bond donors (Lipinski definition) is 1. The Morgan fingerprint density at radius 1 is 1.13 bits per heavy atom. The van der Waals surface area contributed by atoms with Crippen molar-refractivity contribution in [2.75, 3.05) is 13.1 Å². The van der Waals surface area contributed by atoms with Crippen molar-refractivity contribution < 1.29 is 32.7 Å². The number of aliphatic carboxylic acids is 1. The van der Waals surface area contributed by atoms with Gasteiger partial charge in [0.15, 0.2) is 0 Å². The summed E-state index contributed by atoms with van der Waals surface area (Å²) >= 11 is 12.4. The van der Waals surface area contributed by atoms with Crippen molar-refractivity contribution in [2.45, 2.75) is 64.2 Å². The predicted molar refractivity (Wildman–Crippen MR) is 143 cm³/mol. The maximum atomic E-state index is 14.2. The van der Waals surface area contributed by atoms with Crippen molar-refractivity contribution >= 4 is 41.0 Å². The zero-order valence-electron chi connectivity index (χ0n) is 21.8. The molecule has 4 atom stereocenters. The van der Waals surface area contributed by atoms with Crippen LogP contribution in [0, 0.1) is 5.41 Å².